The van der Waals surface area contributed by atoms with Crippen LogP contribution in [-0.4, -0.2) is 47.3 Å². The van der Waals surface area contributed by atoms with E-state index in [9.17, 15) is 4.79 Å². The first-order valence-electron chi connectivity index (χ1n) is 6.57. The summed E-state index contributed by atoms with van der Waals surface area (Å²) in [6.07, 6.45) is 1.68. The van der Waals surface area contributed by atoms with E-state index in [4.69, 9.17) is 11.6 Å². The van der Waals surface area contributed by atoms with Crippen molar-refractivity contribution in [2.45, 2.75) is 27.2 Å². The molecule has 0 aliphatic carbocycles. The lowest BCUT2D eigenvalue weighted by molar-refractivity contribution is 0.112. The molecule has 0 atom stereocenters. The number of aldehydes is 1. The van der Waals surface area contributed by atoms with E-state index in [0.29, 0.717) is 23.5 Å². The first kappa shape index (κ1) is 15.9. The second-order valence-corrected chi connectivity index (χ2v) is 4.61. The van der Waals surface area contributed by atoms with Gasteiger partial charge in [-0.15, -0.1) is 0 Å². The van der Waals surface area contributed by atoms with Crippen molar-refractivity contribution in [2.75, 3.05) is 31.5 Å². The van der Waals surface area contributed by atoms with E-state index in [1.54, 1.807) is 6.92 Å². The fraction of sp³-hybridized carbons (Fsp3) is 0.615. The lowest BCUT2D eigenvalue weighted by atomic mass is 10.3. The highest BCUT2D eigenvalue weighted by Crippen LogP contribution is 2.18. The summed E-state index contributed by atoms with van der Waals surface area (Å²) in [5, 5.41) is 3.36. The molecule has 19 heavy (non-hydrogen) atoms. The molecule has 0 amide bonds. The maximum Gasteiger partial charge on any atom is 0.156 e. The molecule has 0 aliphatic rings. The fourth-order valence-corrected chi connectivity index (χ4v) is 2.09. The van der Waals surface area contributed by atoms with Crippen molar-refractivity contribution in [3.05, 3.63) is 16.5 Å². The lowest BCUT2D eigenvalue weighted by Gasteiger charge is -2.18. The van der Waals surface area contributed by atoms with Crippen LogP contribution in [0.2, 0.25) is 5.15 Å². The number of hydrogen-bond acceptors (Lipinski definition) is 5. The van der Waals surface area contributed by atoms with Gasteiger partial charge in [-0.25, -0.2) is 9.97 Å². The molecule has 0 fully saturated rings. The summed E-state index contributed by atoms with van der Waals surface area (Å²) in [6.45, 7) is 9.92. The van der Waals surface area contributed by atoms with Crippen molar-refractivity contribution < 1.29 is 4.79 Å². The molecule has 106 valence electrons. The molecule has 6 heteroatoms. The Morgan fingerprint density at radius 1 is 1.32 bits per heavy atom. The molecular weight excluding hydrogens is 264 g/mol. The number of rotatable bonds is 8. The van der Waals surface area contributed by atoms with Crippen LogP contribution in [0.3, 0.4) is 0 Å². The minimum absolute atomic E-state index is 0.203. The quantitative estimate of drug-likeness (QED) is 0.451. The van der Waals surface area contributed by atoms with Gasteiger partial charge in [-0.3, -0.25) is 4.79 Å². The smallest absolute Gasteiger partial charge is 0.156 e. The fourth-order valence-electron chi connectivity index (χ4n) is 1.84. The van der Waals surface area contributed by atoms with Crippen molar-refractivity contribution in [3.8, 4) is 0 Å². The number of carbonyl (C=O) groups excluding carboxylic acids is 1. The van der Waals surface area contributed by atoms with Crippen LogP contribution in [0.1, 0.15) is 36.5 Å². The third kappa shape index (κ3) is 4.76. The Bertz CT molecular complexity index is 421. The summed E-state index contributed by atoms with van der Waals surface area (Å²) in [5.74, 6) is 1.08. The van der Waals surface area contributed by atoms with Gasteiger partial charge in [0, 0.05) is 6.54 Å². The maximum absolute atomic E-state index is 11.0. The standard InChI is InChI=1S/C13H21ClN4O/c1-4-18(5-2)8-6-7-15-13-11(9-19)12(14)16-10(3)17-13/h9H,4-8H2,1-3H3,(H,15,16,17). The van der Waals surface area contributed by atoms with E-state index >= 15 is 0 Å². The Balaban J connectivity index is 2.55. The van der Waals surface area contributed by atoms with Gasteiger partial charge >= 0.3 is 0 Å². The first-order chi connectivity index (χ1) is 9.12. The van der Waals surface area contributed by atoms with E-state index in [0.717, 1.165) is 32.6 Å². The molecule has 1 N–H and O–H groups in total. The number of aryl methyl sites for hydroxylation is 1. The van der Waals surface area contributed by atoms with Gasteiger partial charge in [-0.05, 0) is 33.0 Å². The molecule has 1 aromatic rings. The van der Waals surface area contributed by atoms with Crippen LogP contribution >= 0.6 is 11.6 Å². The summed E-state index contributed by atoms with van der Waals surface area (Å²) in [7, 11) is 0. The third-order valence-corrected chi connectivity index (χ3v) is 3.25. The maximum atomic E-state index is 11.0. The van der Waals surface area contributed by atoms with Crippen molar-refractivity contribution in [1.29, 1.82) is 0 Å². The van der Waals surface area contributed by atoms with Crippen LogP contribution in [0.4, 0.5) is 5.82 Å². The number of nitrogens with one attached hydrogen (secondary N) is 1. The Hall–Kier alpha value is -1.20. The topological polar surface area (TPSA) is 58.1 Å². The van der Waals surface area contributed by atoms with Crippen LogP contribution in [0, 0.1) is 6.92 Å². The van der Waals surface area contributed by atoms with E-state index in [-0.39, 0.29) is 5.15 Å². The first-order valence-corrected chi connectivity index (χ1v) is 6.95. The van der Waals surface area contributed by atoms with Crippen LogP contribution in [0.25, 0.3) is 0 Å². The second kappa shape index (κ2) is 8.07. The average molecular weight is 285 g/mol. The summed E-state index contributed by atoms with van der Waals surface area (Å²) >= 11 is 5.91. The van der Waals surface area contributed by atoms with Gasteiger partial charge in [0.15, 0.2) is 6.29 Å². The number of anilines is 1. The van der Waals surface area contributed by atoms with Crippen molar-refractivity contribution >= 4 is 23.7 Å². The van der Waals surface area contributed by atoms with Gasteiger partial charge in [-0.2, -0.15) is 0 Å². The molecule has 1 rings (SSSR count). The zero-order valence-corrected chi connectivity index (χ0v) is 12.5. The van der Waals surface area contributed by atoms with Crippen LogP contribution in [-0.2, 0) is 0 Å². The summed E-state index contributed by atoms with van der Waals surface area (Å²) in [6, 6.07) is 0. The predicted octanol–water partition coefficient (Wildman–Crippen LogP) is 2.39. The number of halogens is 1. The molecule has 5 nitrogen and oxygen atoms in total. The Labute approximate surface area is 119 Å². The highest BCUT2D eigenvalue weighted by atomic mass is 35.5. The number of nitrogens with zero attached hydrogens (tertiary/aromatic N) is 3. The molecule has 0 radical (unpaired) electrons. The van der Waals surface area contributed by atoms with Crippen LogP contribution < -0.4 is 5.32 Å². The van der Waals surface area contributed by atoms with Gasteiger partial charge in [0.2, 0.25) is 0 Å². The molecule has 0 spiro atoms. The van der Waals surface area contributed by atoms with Gasteiger partial charge in [0.05, 0.1) is 5.56 Å². The number of aromatic nitrogens is 2. The Morgan fingerprint density at radius 3 is 2.58 bits per heavy atom. The average Bonchev–Trinajstić information content (AvgIpc) is 2.38. The number of carbonyl (C=O) groups is 1. The minimum atomic E-state index is 0.203. The van der Waals surface area contributed by atoms with Crippen molar-refractivity contribution in [3.63, 3.8) is 0 Å². The summed E-state index contributed by atoms with van der Waals surface area (Å²) in [4.78, 5) is 21.5. The summed E-state index contributed by atoms with van der Waals surface area (Å²) in [5.41, 5.74) is 0.329. The summed E-state index contributed by atoms with van der Waals surface area (Å²) < 4.78 is 0. The Morgan fingerprint density at radius 2 is 2.00 bits per heavy atom. The molecule has 0 aromatic carbocycles. The highest BCUT2D eigenvalue weighted by Gasteiger charge is 2.10. The van der Waals surface area contributed by atoms with Crippen molar-refractivity contribution in [1.82, 2.24) is 14.9 Å². The van der Waals surface area contributed by atoms with Gasteiger partial charge in [0.1, 0.15) is 16.8 Å². The van der Waals surface area contributed by atoms with Gasteiger partial charge < -0.3 is 10.2 Å². The third-order valence-electron chi connectivity index (χ3n) is 2.97. The minimum Gasteiger partial charge on any atom is -0.369 e. The van der Waals surface area contributed by atoms with E-state index < -0.39 is 0 Å². The monoisotopic (exact) mass is 284 g/mol. The predicted molar refractivity (Wildman–Crippen MR) is 78.1 cm³/mol. The zero-order valence-electron chi connectivity index (χ0n) is 11.7. The van der Waals surface area contributed by atoms with E-state index in [2.05, 4.69) is 34.0 Å². The molecule has 0 saturated carbocycles. The molecule has 0 bridgehead atoms. The molecule has 0 aliphatic heterocycles. The lowest BCUT2D eigenvalue weighted by Crippen LogP contribution is -2.25. The van der Waals surface area contributed by atoms with Crippen LogP contribution in [0.5, 0.6) is 0 Å². The Kier molecular flexibility index (Phi) is 6.73. The normalized spacial score (nSPS) is 10.8. The highest BCUT2D eigenvalue weighted by molar-refractivity contribution is 6.32. The van der Waals surface area contributed by atoms with Crippen molar-refractivity contribution in [2.24, 2.45) is 0 Å². The van der Waals surface area contributed by atoms with Crippen LogP contribution in [0.15, 0.2) is 0 Å². The molecule has 1 aromatic heterocycles. The SMILES string of the molecule is CCN(CC)CCCNc1nc(C)nc(Cl)c1C=O. The zero-order chi connectivity index (χ0) is 14.3. The molecule has 0 saturated heterocycles. The van der Waals surface area contributed by atoms with Gasteiger partial charge in [0.25, 0.3) is 0 Å². The van der Waals surface area contributed by atoms with E-state index in [1.807, 2.05) is 0 Å². The number of hydrogen-bond donors (Lipinski definition) is 1. The molecule has 0 unspecified atom stereocenters. The molecule has 1 heterocycles. The largest absolute Gasteiger partial charge is 0.369 e. The second-order valence-electron chi connectivity index (χ2n) is 4.25. The van der Waals surface area contributed by atoms with E-state index in [1.165, 1.54) is 0 Å². The molecular formula is C13H21ClN4O. The van der Waals surface area contributed by atoms with Gasteiger partial charge in [-0.1, -0.05) is 25.4 Å².